The third kappa shape index (κ3) is 3.38. The van der Waals surface area contributed by atoms with Gasteiger partial charge in [0.15, 0.2) is 0 Å². The molecule has 0 aliphatic rings. The fourth-order valence-electron chi connectivity index (χ4n) is 2.03. The molecule has 4 nitrogen and oxygen atoms in total. The van der Waals surface area contributed by atoms with Crippen molar-refractivity contribution in [3.8, 4) is 5.69 Å². The Hall–Kier alpha value is -1.53. The Morgan fingerprint density at radius 1 is 0.913 bits per heavy atom. The molecule has 1 aromatic heterocycles. The van der Waals surface area contributed by atoms with Crippen molar-refractivity contribution in [1.29, 1.82) is 0 Å². The van der Waals surface area contributed by atoms with Crippen LogP contribution in [0.1, 0.15) is 5.56 Å². The van der Waals surface area contributed by atoms with E-state index in [4.69, 9.17) is 34.8 Å². The molecule has 3 rings (SSSR count). The molecule has 2 aromatic carbocycles. The average Bonchev–Trinajstić information content (AvgIpc) is 2.80. The molecule has 0 aliphatic carbocycles. The molecule has 0 unspecified atom stereocenters. The minimum absolute atomic E-state index is 0.180. The zero-order valence-corrected chi connectivity index (χ0v) is 14.6. The smallest absolute Gasteiger partial charge is 0.255 e. The lowest BCUT2D eigenvalue weighted by molar-refractivity contribution is 0.723. The average molecular weight is 388 g/mol. The quantitative estimate of drug-likeness (QED) is 0.680. The lowest BCUT2D eigenvalue weighted by Crippen LogP contribution is -2.28. The van der Waals surface area contributed by atoms with Crippen molar-refractivity contribution in [2.24, 2.45) is 0 Å². The summed E-state index contributed by atoms with van der Waals surface area (Å²) in [5, 5.41) is 1.30. The van der Waals surface area contributed by atoms with Crippen LogP contribution in [0.5, 0.6) is 0 Å². The molecule has 0 saturated carbocycles. The number of halogens is 3. The summed E-state index contributed by atoms with van der Waals surface area (Å²) in [7, 11) is 0. The summed E-state index contributed by atoms with van der Waals surface area (Å²) in [6, 6.07) is 11.7. The third-order valence-corrected chi connectivity index (χ3v) is 5.10. The first-order valence-electron chi connectivity index (χ1n) is 6.49. The van der Waals surface area contributed by atoms with E-state index in [1.165, 1.54) is 3.96 Å². The fourth-order valence-corrected chi connectivity index (χ4v) is 3.24. The summed E-state index contributed by atoms with van der Waals surface area (Å²) >= 11 is 18.5. The molecule has 0 bridgehead atoms. The van der Waals surface area contributed by atoms with Crippen molar-refractivity contribution in [1.82, 2.24) is 8.52 Å². The lowest BCUT2D eigenvalue weighted by atomic mass is 10.2. The van der Waals surface area contributed by atoms with Crippen molar-refractivity contribution >= 4 is 46.3 Å². The van der Waals surface area contributed by atoms with Gasteiger partial charge in [-0.25, -0.2) is 13.3 Å². The monoisotopic (exact) mass is 386 g/mol. The molecule has 0 amide bonds. The van der Waals surface area contributed by atoms with Crippen LogP contribution in [0.4, 0.5) is 0 Å². The van der Waals surface area contributed by atoms with Crippen molar-refractivity contribution in [3.05, 3.63) is 83.2 Å². The molecule has 8 heteroatoms. The van der Waals surface area contributed by atoms with Crippen LogP contribution in [-0.2, 0) is 6.54 Å². The topological polar surface area (TPSA) is 44.0 Å². The van der Waals surface area contributed by atoms with Gasteiger partial charge >= 0.3 is 10.6 Å². The zero-order chi connectivity index (χ0) is 16.6. The second-order valence-electron chi connectivity index (χ2n) is 4.75. The van der Waals surface area contributed by atoms with Gasteiger partial charge in [-0.1, -0.05) is 46.9 Å². The molecular weight excluding hydrogens is 379 g/mol. The van der Waals surface area contributed by atoms with Gasteiger partial charge < -0.3 is 0 Å². The fraction of sp³-hybridized carbons (Fsp3) is 0.0667. The maximum atomic E-state index is 12.5. The van der Waals surface area contributed by atoms with Gasteiger partial charge in [-0.05, 0) is 35.9 Å². The summed E-state index contributed by atoms with van der Waals surface area (Å²) in [5.74, 6) is 0. The summed E-state index contributed by atoms with van der Waals surface area (Å²) in [6.45, 7) is 0.180. The number of aromatic nitrogens is 2. The highest BCUT2D eigenvalue weighted by Crippen LogP contribution is 2.24. The Labute approximate surface area is 150 Å². The maximum absolute atomic E-state index is 12.5. The highest BCUT2D eigenvalue weighted by atomic mass is 35.5. The zero-order valence-electron chi connectivity index (χ0n) is 11.5. The molecule has 0 atom stereocenters. The molecule has 0 radical (unpaired) electrons. The van der Waals surface area contributed by atoms with Crippen LogP contribution in [0, 0.1) is 0 Å². The van der Waals surface area contributed by atoms with E-state index in [1.807, 2.05) is 0 Å². The van der Waals surface area contributed by atoms with E-state index < -0.39 is 5.69 Å². The lowest BCUT2D eigenvalue weighted by Gasteiger charge is -2.03. The number of benzene rings is 2. The van der Waals surface area contributed by atoms with E-state index in [0.29, 0.717) is 20.8 Å². The SMILES string of the molecule is O=c1sn(-c2ccc(Cl)c(Cl)c2)c(=O)n1Cc1ccc(Cl)cc1. The maximum Gasteiger partial charge on any atom is 0.346 e. The summed E-state index contributed by atoms with van der Waals surface area (Å²) in [6.07, 6.45) is 0. The van der Waals surface area contributed by atoms with Crippen molar-refractivity contribution in [2.45, 2.75) is 6.54 Å². The second kappa shape index (κ2) is 6.53. The van der Waals surface area contributed by atoms with E-state index >= 15 is 0 Å². The summed E-state index contributed by atoms with van der Waals surface area (Å²) in [4.78, 5) is 24.3. The molecule has 118 valence electrons. The molecule has 0 spiro atoms. The number of hydrogen-bond donors (Lipinski definition) is 0. The Morgan fingerprint density at radius 2 is 1.61 bits per heavy atom. The predicted molar refractivity (Wildman–Crippen MR) is 94.8 cm³/mol. The minimum Gasteiger partial charge on any atom is -0.255 e. The normalized spacial score (nSPS) is 10.9. The Kier molecular flexibility index (Phi) is 4.64. The minimum atomic E-state index is -0.423. The molecule has 0 aliphatic heterocycles. The second-order valence-corrected chi connectivity index (χ2v) is 6.89. The molecule has 0 fully saturated rings. The van der Waals surface area contributed by atoms with Gasteiger partial charge in [0.05, 0.1) is 22.3 Å². The van der Waals surface area contributed by atoms with Gasteiger partial charge in [0, 0.05) is 16.6 Å². The van der Waals surface area contributed by atoms with E-state index in [0.717, 1.165) is 21.7 Å². The van der Waals surface area contributed by atoms with Crippen molar-refractivity contribution < 1.29 is 0 Å². The molecule has 0 saturated heterocycles. The number of rotatable bonds is 3. The van der Waals surface area contributed by atoms with Gasteiger partial charge in [-0.2, -0.15) is 0 Å². The van der Waals surface area contributed by atoms with E-state index in [9.17, 15) is 9.59 Å². The predicted octanol–water partition coefficient (Wildman–Crippen LogP) is 4.07. The first kappa shape index (κ1) is 16.3. The van der Waals surface area contributed by atoms with Crippen LogP contribution in [-0.4, -0.2) is 8.52 Å². The largest absolute Gasteiger partial charge is 0.346 e. The van der Waals surface area contributed by atoms with Crippen LogP contribution in [0.15, 0.2) is 52.1 Å². The number of hydrogen-bond acceptors (Lipinski definition) is 3. The Bertz CT molecular complexity index is 974. The molecular formula is C15H9Cl3N2O2S. The van der Waals surface area contributed by atoms with Crippen molar-refractivity contribution in [3.63, 3.8) is 0 Å². The van der Waals surface area contributed by atoms with Gasteiger partial charge in [0.25, 0.3) is 0 Å². The van der Waals surface area contributed by atoms with E-state index in [-0.39, 0.29) is 11.4 Å². The Balaban J connectivity index is 2.02. The van der Waals surface area contributed by atoms with Crippen LogP contribution in [0.25, 0.3) is 5.69 Å². The standard InChI is InChI=1S/C15H9Cl3N2O2S/c16-10-3-1-9(2-4-10)8-19-14(21)20(23-15(19)22)11-5-6-12(17)13(18)7-11/h1-7H,8H2. The van der Waals surface area contributed by atoms with Crippen LogP contribution >= 0.6 is 46.3 Å². The summed E-state index contributed by atoms with van der Waals surface area (Å²) in [5.41, 5.74) is 0.891. The summed E-state index contributed by atoms with van der Waals surface area (Å²) < 4.78 is 2.46. The van der Waals surface area contributed by atoms with Gasteiger partial charge in [0.2, 0.25) is 0 Å². The molecule has 1 heterocycles. The van der Waals surface area contributed by atoms with Gasteiger partial charge in [-0.15, -0.1) is 0 Å². The first-order valence-corrected chi connectivity index (χ1v) is 8.39. The Morgan fingerprint density at radius 3 is 2.26 bits per heavy atom. The first-order chi connectivity index (χ1) is 11.0. The van der Waals surface area contributed by atoms with Crippen LogP contribution < -0.4 is 10.6 Å². The highest BCUT2D eigenvalue weighted by molar-refractivity contribution is 7.03. The van der Waals surface area contributed by atoms with Crippen LogP contribution in [0.3, 0.4) is 0 Å². The molecule has 23 heavy (non-hydrogen) atoms. The number of nitrogens with zero attached hydrogens (tertiary/aromatic N) is 2. The van der Waals surface area contributed by atoms with E-state index in [1.54, 1.807) is 42.5 Å². The molecule has 0 N–H and O–H groups in total. The molecule has 3 aromatic rings. The highest BCUT2D eigenvalue weighted by Gasteiger charge is 2.13. The van der Waals surface area contributed by atoms with Crippen molar-refractivity contribution in [2.75, 3.05) is 0 Å². The van der Waals surface area contributed by atoms with Crippen LogP contribution in [0.2, 0.25) is 15.1 Å². The van der Waals surface area contributed by atoms with Gasteiger partial charge in [0.1, 0.15) is 0 Å². The van der Waals surface area contributed by atoms with Gasteiger partial charge in [-0.3, -0.25) is 4.79 Å². The third-order valence-electron chi connectivity index (χ3n) is 3.19. The van der Waals surface area contributed by atoms with E-state index in [2.05, 4.69) is 0 Å².